The quantitative estimate of drug-likeness (QED) is 0.844. The number of rotatable bonds is 2. The van der Waals surface area contributed by atoms with Crippen molar-refractivity contribution in [2.75, 3.05) is 25.4 Å². The van der Waals surface area contributed by atoms with Crippen LogP contribution in [0.2, 0.25) is 5.02 Å². The summed E-state index contributed by atoms with van der Waals surface area (Å²) in [5, 5.41) is 0.0474. The summed E-state index contributed by atoms with van der Waals surface area (Å²) >= 11 is 5.84. The van der Waals surface area contributed by atoms with Crippen LogP contribution in [0.4, 0.5) is 10.1 Å². The van der Waals surface area contributed by atoms with E-state index in [0.29, 0.717) is 30.9 Å². The largest absolute Gasteiger partial charge is 0.399 e. The second-order valence-corrected chi connectivity index (χ2v) is 6.27. The molecule has 0 spiro atoms. The Balaban J connectivity index is 1.81. The van der Waals surface area contributed by atoms with E-state index in [0.717, 1.165) is 11.1 Å². The molecule has 2 aromatic carbocycles. The number of aryl methyl sites for hydroxylation is 1. The molecule has 0 aliphatic carbocycles. The zero-order chi connectivity index (χ0) is 17.3. The fourth-order valence-electron chi connectivity index (χ4n) is 2.79. The molecule has 4 nitrogen and oxygen atoms in total. The van der Waals surface area contributed by atoms with Gasteiger partial charge in [0.15, 0.2) is 0 Å². The first-order chi connectivity index (χ1) is 11.5. The van der Waals surface area contributed by atoms with E-state index >= 15 is 0 Å². The van der Waals surface area contributed by atoms with Gasteiger partial charge >= 0.3 is 0 Å². The second-order valence-electron chi connectivity index (χ2n) is 5.86. The Morgan fingerprint density at radius 3 is 2.88 bits per heavy atom. The highest BCUT2D eigenvalue weighted by Gasteiger charge is 2.27. The van der Waals surface area contributed by atoms with E-state index in [1.54, 1.807) is 29.2 Å². The average Bonchev–Trinajstić information content (AvgIpc) is 2.59. The van der Waals surface area contributed by atoms with Crippen LogP contribution in [0.25, 0.3) is 0 Å². The van der Waals surface area contributed by atoms with Crippen molar-refractivity contribution in [1.29, 1.82) is 0 Å². The summed E-state index contributed by atoms with van der Waals surface area (Å²) in [7, 11) is 0. The fourth-order valence-corrected chi connectivity index (χ4v) is 2.98. The third-order valence-corrected chi connectivity index (χ3v) is 4.45. The molecule has 24 heavy (non-hydrogen) atoms. The number of halogens is 2. The predicted molar refractivity (Wildman–Crippen MR) is 91.6 cm³/mol. The van der Waals surface area contributed by atoms with Crippen LogP contribution < -0.4 is 5.73 Å². The van der Waals surface area contributed by atoms with Gasteiger partial charge in [0.1, 0.15) is 11.9 Å². The van der Waals surface area contributed by atoms with Crippen LogP contribution in [-0.2, 0) is 4.74 Å². The summed E-state index contributed by atoms with van der Waals surface area (Å²) in [5.41, 5.74) is 8.57. The average molecular weight is 349 g/mol. The molecule has 1 aliphatic heterocycles. The summed E-state index contributed by atoms with van der Waals surface area (Å²) in [6.07, 6.45) is -0.331. The lowest BCUT2D eigenvalue weighted by molar-refractivity contribution is -0.0228. The Bertz CT molecular complexity index is 782. The van der Waals surface area contributed by atoms with Crippen LogP contribution in [0.15, 0.2) is 36.4 Å². The van der Waals surface area contributed by atoms with E-state index in [1.807, 2.05) is 13.0 Å². The molecule has 1 heterocycles. The fraction of sp³-hybridized carbons (Fsp3) is 0.278. The van der Waals surface area contributed by atoms with Crippen molar-refractivity contribution < 1.29 is 13.9 Å². The maximum absolute atomic E-state index is 13.3. The molecule has 6 heteroatoms. The van der Waals surface area contributed by atoms with E-state index < -0.39 is 5.82 Å². The van der Waals surface area contributed by atoms with Gasteiger partial charge in [-0.2, -0.15) is 0 Å². The second kappa shape index (κ2) is 6.79. The number of amides is 1. The molecule has 3 rings (SSSR count). The van der Waals surface area contributed by atoms with E-state index in [-0.39, 0.29) is 17.0 Å². The number of hydrogen-bond acceptors (Lipinski definition) is 3. The maximum Gasteiger partial charge on any atom is 0.254 e. The van der Waals surface area contributed by atoms with Crippen molar-refractivity contribution in [3.63, 3.8) is 0 Å². The molecular formula is C18H18ClFN2O2. The number of nitrogen functional groups attached to an aromatic ring is 1. The van der Waals surface area contributed by atoms with Gasteiger partial charge in [-0.1, -0.05) is 23.7 Å². The highest BCUT2D eigenvalue weighted by Crippen LogP contribution is 2.27. The smallest absolute Gasteiger partial charge is 0.254 e. The van der Waals surface area contributed by atoms with Gasteiger partial charge < -0.3 is 15.4 Å². The van der Waals surface area contributed by atoms with E-state index in [2.05, 4.69) is 0 Å². The van der Waals surface area contributed by atoms with Gasteiger partial charge in [-0.3, -0.25) is 4.79 Å². The van der Waals surface area contributed by atoms with Crippen molar-refractivity contribution >= 4 is 23.2 Å². The molecule has 2 N–H and O–H groups in total. The number of nitrogens with zero attached hydrogens (tertiary/aromatic N) is 1. The molecule has 1 fully saturated rings. The molecule has 126 valence electrons. The van der Waals surface area contributed by atoms with Gasteiger partial charge in [-0.15, -0.1) is 0 Å². The van der Waals surface area contributed by atoms with Crippen LogP contribution in [0.1, 0.15) is 27.6 Å². The normalized spacial score (nSPS) is 17.8. The van der Waals surface area contributed by atoms with E-state index in [4.69, 9.17) is 22.1 Å². The first-order valence-electron chi connectivity index (χ1n) is 7.67. The van der Waals surface area contributed by atoms with E-state index in [1.165, 1.54) is 6.07 Å². The van der Waals surface area contributed by atoms with Crippen molar-refractivity contribution in [3.8, 4) is 0 Å². The number of anilines is 1. The van der Waals surface area contributed by atoms with Gasteiger partial charge in [-0.25, -0.2) is 4.39 Å². The van der Waals surface area contributed by atoms with Crippen molar-refractivity contribution in [3.05, 3.63) is 63.9 Å². The molecule has 1 atom stereocenters. The first kappa shape index (κ1) is 16.7. The van der Waals surface area contributed by atoms with Crippen LogP contribution >= 0.6 is 11.6 Å². The molecule has 0 aromatic heterocycles. The van der Waals surface area contributed by atoms with Gasteiger partial charge in [0.2, 0.25) is 0 Å². The standard InChI is InChI=1S/C18H18ClFN2O2/c1-11-2-4-13(21)9-14(11)18(23)22-6-7-24-17(10-22)12-3-5-16(20)15(19)8-12/h2-5,8-9,17H,6-7,10,21H2,1H3. The minimum Gasteiger partial charge on any atom is -0.399 e. The molecule has 2 aromatic rings. The van der Waals surface area contributed by atoms with Crippen molar-refractivity contribution in [2.24, 2.45) is 0 Å². The Morgan fingerprint density at radius 2 is 2.12 bits per heavy atom. The molecule has 0 radical (unpaired) electrons. The number of hydrogen-bond donors (Lipinski definition) is 1. The number of benzene rings is 2. The Labute approximate surface area is 145 Å². The zero-order valence-corrected chi connectivity index (χ0v) is 14.0. The summed E-state index contributed by atoms with van der Waals surface area (Å²) in [5.74, 6) is -0.555. The highest BCUT2D eigenvalue weighted by molar-refractivity contribution is 6.30. The van der Waals surface area contributed by atoms with Crippen molar-refractivity contribution in [2.45, 2.75) is 13.0 Å². The number of carbonyl (C=O) groups excluding carboxylic acids is 1. The molecule has 1 amide bonds. The Hall–Kier alpha value is -2.11. The summed E-state index contributed by atoms with van der Waals surface area (Å²) in [4.78, 5) is 14.5. The summed E-state index contributed by atoms with van der Waals surface area (Å²) < 4.78 is 19.1. The third kappa shape index (κ3) is 3.37. The molecule has 1 unspecified atom stereocenters. The van der Waals surface area contributed by atoms with Crippen molar-refractivity contribution in [1.82, 2.24) is 4.90 Å². The van der Waals surface area contributed by atoms with Crippen LogP contribution in [0.5, 0.6) is 0 Å². The number of ether oxygens (including phenoxy) is 1. The lowest BCUT2D eigenvalue weighted by atomic mass is 10.0. The lowest BCUT2D eigenvalue weighted by Crippen LogP contribution is -2.42. The molecule has 0 bridgehead atoms. The number of nitrogens with two attached hydrogens (primary N) is 1. The predicted octanol–water partition coefficient (Wildman–Crippen LogP) is 3.58. The van der Waals surface area contributed by atoms with Crippen LogP contribution in [0.3, 0.4) is 0 Å². The SMILES string of the molecule is Cc1ccc(N)cc1C(=O)N1CCOC(c2ccc(F)c(Cl)c2)C1. The monoisotopic (exact) mass is 348 g/mol. The highest BCUT2D eigenvalue weighted by atomic mass is 35.5. The topological polar surface area (TPSA) is 55.6 Å². The minimum atomic E-state index is -0.473. The molecule has 1 saturated heterocycles. The third-order valence-electron chi connectivity index (χ3n) is 4.16. The zero-order valence-electron chi connectivity index (χ0n) is 13.3. The first-order valence-corrected chi connectivity index (χ1v) is 8.05. The maximum atomic E-state index is 13.3. The van der Waals surface area contributed by atoms with Gasteiger partial charge in [0, 0.05) is 17.8 Å². The summed E-state index contributed by atoms with van der Waals surface area (Å²) in [6, 6.07) is 9.78. The summed E-state index contributed by atoms with van der Waals surface area (Å²) in [6.45, 7) is 3.17. The Morgan fingerprint density at radius 1 is 1.33 bits per heavy atom. The number of carbonyl (C=O) groups is 1. The number of morpholine rings is 1. The minimum absolute atomic E-state index is 0.0474. The van der Waals surface area contributed by atoms with Gasteiger partial charge in [-0.05, 0) is 42.3 Å². The van der Waals surface area contributed by atoms with Gasteiger partial charge in [0.05, 0.1) is 18.2 Å². The lowest BCUT2D eigenvalue weighted by Gasteiger charge is -2.33. The molecule has 0 saturated carbocycles. The van der Waals surface area contributed by atoms with E-state index in [9.17, 15) is 9.18 Å². The van der Waals surface area contributed by atoms with Gasteiger partial charge in [0.25, 0.3) is 5.91 Å². The van der Waals surface area contributed by atoms with Crippen LogP contribution in [0, 0.1) is 12.7 Å². The molecule has 1 aliphatic rings. The Kier molecular flexibility index (Phi) is 4.73. The molecular weight excluding hydrogens is 331 g/mol. The van der Waals surface area contributed by atoms with Crippen LogP contribution in [-0.4, -0.2) is 30.5 Å².